The Bertz CT molecular complexity index is 1050. The van der Waals surface area contributed by atoms with E-state index >= 15 is 0 Å². The summed E-state index contributed by atoms with van der Waals surface area (Å²) in [5, 5.41) is 2.28. The predicted molar refractivity (Wildman–Crippen MR) is 113 cm³/mol. The lowest BCUT2D eigenvalue weighted by atomic mass is 9.89. The van der Waals surface area contributed by atoms with E-state index < -0.39 is 21.0 Å². The zero-order valence-electron chi connectivity index (χ0n) is 16.9. The zero-order chi connectivity index (χ0) is 21.1. The molecule has 156 valence electrons. The van der Waals surface area contributed by atoms with Gasteiger partial charge in [0.25, 0.3) is 0 Å². The van der Waals surface area contributed by atoms with Gasteiger partial charge in [-0.2, -0.15) is 0 Å². The quantitative estimate of drug-likeness (QED) is 0.766. The number of nitrogens with one attached hydrogen (secondary N) is 1. The van der Waals surface area contributed by atoms with Gasteiger partial charge in [0.05, 0.1) is 21.7 Å². The number of anilines is 1. The number of hydrogen-bond acceptors (Lipinski definition) is 6. The molecule has 3 aliphatic rings. The van der Waals surface area contributed by atoms with Crippen LogP contribution in [0.15, 0.2) is 17.7 Å². The third-order valence-electron chi connectivity index (χ3n) is 5.95. The molecule has 3 atom stereocenters. The number of amides is 2. The zero-order valence-corrected chi connectivity index (χ0v) is 18.6. The van der Waals surface area contributed by atoms with E-state index in [-0.39, 0.29) is 17.9 Å². The molecule has 2 aliphatic carbocycles. The van der Waals surface area contributed by atoms with Gasteiger partial charge in [-0.05, 0) is 43.8 Å². The summed E-state index contributed by atoms with van der Waals surface area (Å²) >= 11 is 1.31. The van der Waals surface area contributed by atoms with E-state index in [0.717, 1.165) is 34.6 Å². The molecule has 2 fully saturated rings. The van der Waals surface area contributed by atoms with Gasteiger partial charge in [-0.1, -0.05) is 23.5 Å². The molecule has 0 radical (unpaired) electrons. The summed E-state index contributed by atoms with van der Waals surface area (Å²) in [5.41, 5.74) is 2.33. The molecule has 1 aliphatic heterocycles. The van der Waals surface area contributed by atoms with E-state index in [2.05, 4.69) is 17.2 Å². The molecule has 2 unspecified atom stereocenters. The van der Waals surface area contributed by atoms with Crippen molar-refractivity contribution in [1.82, 2.24) is 9.88 Å². The van der Waals surface area contributed by atoms with Crippen molar-refractivity contribution in [1.29, 1.82) is 0 Å². The first-order chi connectivity index (χ1) is 13.6. The van der Waals surface area contributed by atoms with Crippen molar-refractivity contribution < 1.29 is 18.0 Å². The highest BCUT2D eigenvalue weighted by molar-refractivity contribution is 7.91. The van der Waals surface area contributed by atoms with Crippen LogP contribution in [0.1, 0.15) is 37.3 Å². The number of carbonyl (C=O) groups is 2. The number of aromatic nitrogens is 1. The van der Waals surface area contributed by atoms with Crippen molar-refractivity contribution in [2.24, 2.45) is 11.8 Å². The Balaban J connectivity index is 1.73. The summed E-state index contributed by atoms with van der Waals surface area (Å²) in [7, 11) is -3.48. The Labute approximate surface area is 174 Å². The van der Waals surface area contributed by atoms with Gasteiger partial charge in [-0.3, -0.25) is 9.59 Å². The van der Waals surface area contributed by atoms with Crippen LogP contribution < -0.4 is 5.32 Å². The van der Waals surface area contributed by atoms with Crippen LogP contribution in [0.3, 0.4) is 0 Å². The van der Waals surface area contributed by atoms with Gasteiger partial charge in [0.15, 0.2) is 15.0 Å². The molecule has 1 aromatic heterocycles. The van der Waals surface area contributed by atoms with Gasteiger partial charge in [0, 0.05) is 25.8 Å². The number of carbonyl (C=O) groups excluding carboxylic acids is 2. The van der Waals surface area contributed by atoms with Crippen LogP contribution in [0.5, 0.6) is 0 Å². The summed E-state index contributed by atoms with van der Waals surface area (Å²) in [4.78, 5) is 31.5. The largest absolute Gasteiger partial charge is 0.335 e. The molecule has 1 saturated carbocycles. The van der Waals surface area contributed by atoms with E-state index in [4.69, 9.17) is 0 Å². The first kappa shape index (κ1) is 20.3. The van der Waals surface area contributed by atoms with Gasteiger partial charge in [-0.25, -0.2) is 13.4 Å². The van der Waals surface area contributed by atoms with E-state index in [1.165, 1.54) is 24.5 Å². The maximum absolute atomic E-state index is 13.1. The second-order valence-electron chi connectivity index (χ2n) is 8.27. The van der Waals surface area contributed by atoms with Crippen LogP contribution in [-0.4, -0.2) is 54.2 Å². The van der Waals surface area contributed by atoms with Crippen molar-refractivity contribution in [3.05, 3.63) is 28.3 Å². The standard InChI is InChI=1S/C20H25N3O4S2/c1-10-18(28-20(21-10)22-12(3)24)14-7-15-9-23(11(2)13-5-6-13)19(25)17(15)16(8-14)29(4,26)27/h7-8,11,13,16-17H,5-6,9H2,1-4H3,(H,21,22,24)/t11-,16?,17?/m0/s1. The summed E-state index contributed by atoms with van der Waals surface area (Å²) in [6.07, 6.45) is 7.07. The van der Waals surface area contributed by atoms with Crippen molar-refractivity contribution in [3.8, 4) is 0 Å². The smallest absolute Gasteiger partial charge is 0.232 e. The van der Waals surface area contributed by atoms with Gasteiger partial charge < -0.3 is 10.2 Å². The Morgan fingerprint density at radius 1 is 1.38 bits per heavy atom. The molecule has 0 bridgehead atoms. The molecule has 2 amide bonds. The summed E-state index contributed by atoms with van der Waals surface area (Å²) in [6, 6.07) is 0.133. The van der Waals surface area contributed by atoms with Crippen LogP contribution in [0.2, 0.25) is 0 Å². The fourth-order valence-electron chi connectivity index (χ4n) is 4.28. The van der Waals surface area contributed by atoms with Gasteiger partial charge >= 0.3 is 0 Å². The lowest BCUT2D eigenvalue weighted by Crippen LogP contribution is -2.40. The minimum absolute atomic E-state index is 0.0821. The highest BCUT2D eigenvalue weighted by atomic mass is 32.2. The number of nitrogens with zero attached hydrogens (tertiary/aromatic N) is 2. The topological polar surface area (TPSA) is 96.4 Å². The van der Waals surface area contributed by atoms with Crippen LogP contribution in [-0.2, 0) is 19.4 Å². The number of fused-ring (bicyclic) bond motifs is 1. The van der Waals surface area contributed by atoms with Crippen LogP contribution in [0, 0.1) is 18.8 Å². The van der Waals surface area contributed by atoms with E-state index in [9.17, 15) is 18.0 Å². The van der Waals surface area contributed by atoms with E-state index in [0.29, 0.717) is 17.6 Å². The number of allylic oxidation sites excluding steroid dienone is 2. The first-order valence-corrected chi connectivity index (χ1v) is 12.5. The first-order valence-electron chi connectivity index (χ1n) is 9.73. The molecular formula is C20H25N3O4S2. The Hall–Kier alpha value is -2.00. The van der Waals surface area contributed by atoms with E-state index in [1.807, 2.05) is 17.9 Å². The average Bonchev–Trinajstić information content (AvgIpc) is 3.33. The second kappa shape index (κ2) is 7.05. The molecule has 7 nitrogen and oxygen atoms in total. The van der Waals surface area contributed by atoms with Gasteiger partial charge in [-0.15, -0.1) is 0 Å². The molecule has 1 N–H and O–H groups in total. The lowest BCUT2D eigenvalue weighted by molar-refractivity contribution is -0.132. The number of likely N-dealkylation sites (tertiary alicyclic amines) is 1. The maximum Gasteiger partial charge on any atom is 0.232 e. The fourth-order valence-corrected chi connectivity index (χ4v) is 6.46. The van der Waals surface area contributed by atoms with Crippen molar-refractivity contribution in [2.45, 2.75) is 44.9 Å². The number of aryl methyl sites for hydroxylation is 1. The summed E-state index contributed by atoms with van der Waals surface area (Å²) < 4.78 is 25.2. The third kappa shape index (κ3) is 3.77. The minimum atomic E-state index is -3.48. The highest BCUT2D eigenvalue weighted by Crippen LogP contribution is 2.44. The van der Waals surface area contributed by atoms with Crippen LogP contribution in [0.25, 0.3) is 5.57 Å². The maximum atomic E-state index is 13.1. The van der Waals surface area contributed by atoms with E-state index in [1.54, 1.807) is 6.08 Å². The molecule has 2 heterocycles. The molecule has 0 aromatic carbocycles. The second-order valence-corrected chi connectivity index (χ2v) is 11.5. The average molecular weight is 436 g/mol. The summed E-state index contributed by atoms with van der Waals surface area (Å²) in [5.74, 6) is -0.409. The number of sulfone groups is 1. The van der Waals surface area contributed by atoms with Gasteiger partial charge in [0.2, 0.25) is 11.8 Å². The molecule has 4 rings (SSSR count). The minimum Gasteiger partial charge on any atom is -0.335 e. The fraction of sp³-hybridized carbons (Fsp3) is 0.550. The van der Waals surface area contributed by atoms with Crippen molar-refractivity contribution in [2.75, 3.05) is 18.1 Å². The summed E-state index contributed by atoms with van der Waals surface area (Å²) in [6.45, 7) is 5.78. The Morgan fingerprint density at radius 3 is 2.66 bits per heavy atom. The molecular weight excluding hydrogens is 410 g/mol. The number of thiazole rings is 1. The van der Waals surface area contributed by atoms with Crippen molar-refractivity contribution in [3.63, 3.8) is 0 Å². The lowest BCUT2D eigenvalue weighted by Gasteiger charge is -2.26. The Morgan fingerprint density at radius 2 is 2.07 bits per heavy atom. The van der Waals surface area contributed by atoms with Gasteiger partial charge in [0.1, 0.15) is 0 Å². The molecule has 0 spiro atoms. The SMILES string of the molecule is CC(=O)Nc1nc(C)c(C2=CC(S(C)(=O)=O)C3C(=O)N([C@@H](C)C4CC4)CC3=C2)s1. The molecule has 1 aromatic rings. The molecule has 9 heteroatoms. The monoisotopic (exact) mass is 435 g/mol. The molecule has 29 heavy (non-hydrogen) atoms. The third-order valence-corrected chi connectivity index (χ3v) is 8.47. The van der Waals surface area contributed by atoms with Crippen LogP contribution in [0.4, 0.5) is 5.13 Å². The Kier molecular flexibility index (Phi) is 4.93. The number of rotatable bonds is 5. The van der Waals surface area contributed by atoms with Crippen molar-refractivity contribution >= 4 is 43.7 Å². The predicted octanol–water partition coefficient (Wildman–Crippen LogP) is 2.40. The van der Waals surface area contributed by atoms with Crippen LogP contribution >= 0.6 is 11.3 Å². The number of hydrogen-bond donors (Lipinski definition) is 1. The normalized spacial score (nSPS) is 25.4. The highest BCUT2D eigenvalue weighted by Gasteiger charge is 2.49. The molecule has 1 saturated heterocycles.